The van der Waals surface area contributed by atoms with E-state index in [-0.39, 0.29) is 0 Å². The lowest BCUT2D eigenvalue weighted by molar-refractivity contribution is 1.28. The van der Waals surface area contributed by atoms with Gasteiger partial charge in [0.1, 0.15) is 5.65 Å². The van der Waals surface area contributed by atoms with Gasteiger partial charge in [-0.05, 0) is 75.8 Å². The Kier molecular flexibility index (Phi) is 5.38. The van der Waals surface area contributed by atoms with Crippen molar-refractivity contribution < 1.29 is 0 Å². The molecule has 0 N–H and O–H groups in total. The lowest BCUT2D eigenvalue weighted by Gasteiger charge is -2.27. The maximum Gasteiger partial charge on any atom is 0.131 e. The van der Waals surface area contributed by atoms with Crippen molar-refractivity contribution in [2.45, 2.75) is 0 Å². The smallest absolute Gasteiger partial charge is 0.131 e. The lowest BCUT2D eigenvalue weighted by Crippen LogP contribution is -2.10. The fraction of sp³-hybridized carbons (Fsp3) is 0. The van der Waals surface area contributed by atoms with Gasteiger partial charge in [-0.2, -0.15) is 0 Å². The van der Waals surface area contributed by atoms with Crippen LogP contribution in [0.1, 0.15) is 0 Å². The molecule has 8 aromatic carbocycles. The first-order chi connectivity index (χ1) is 24.3. The van der Waals surface area contributed by atoms with Crippen LogP contribution in [0.2, 0.25) is 0 Å². The highest BCUT2D eigenvalue weighted by molar-refractivity contribution is 6.24. The molecule has 0 aliphatic heterocycles. The molecule has 0 radical (unpaired) electrons. The molecule has 11 rings (SSSR count). The second kappa shape index (κ2) is 9.96. The summed E-state index contributed by atoms with van der Waals surface area (Å²) in [6, 6.07) is 64.2. The van der Waals surface area contributed by atoms with Crippen LogP contribution in [0.3, 0.4) is 0 Å². The second-order valence-corrected chi connectivity index (χ2v) is 13.0. The summed E-state index contributed by atoms with van der Waals surface area (Å²) in [5.41, 5.74) is 12.0. The quantitative estimate of drug-likeness (QED) is 0.190. The maximum atomic E-state index is 2.47. The summed E-state index contributed by atoms with van der Waals surface area (Å²) in [4.78, 5) is 2.42. The van der Waals surface area contributed by atoms with Gasteiger partial charge >= 0.3 is 0 Å². The Morgan fingerprint density at radius 1 is 0.367 bits per heavy atom. The molecule has 3 heteroatoms. The number of para-hydroxylation sites is 2. The summed E-state index contributed by atoms with van der Waals surface area (Å²) in [5, 5.41) is 8.87. The summed E-state index contributed by atoms with van der Waals surface area (Å²) in [6.45, 7) is 0. The number of aromatic nitrogens is 2. The van der Waals surface area contributed by atoms with E-state index in [0.29, 0.717) is 0 Å². The van der Waals surface area contributed by atoms with E-state index in [1.807, 2.05) is 0 Å². The van der Waals surface area contributed by atoms with Crippen LogP contribution < -0.4 is 4.90 Å². The van der Waals surface area contributed by atoms with Crippen LogP contribution in [-0.2, 0) is 0 Å². The van der Waals surface area contributed by atoms with Crippen molar-refractivity contribution in [3.05, 3.63) is 176 Å². The largest absolute Gasteiger partial charge is 0.310 e. The van der Waals surface area contributed by atoms with Crippen molar-refractivity contribution in [2.75, 3.05) is 4.90 Å². The van der Waals surface area contributed by atoms with Gasteiger partial charge in [0.15, 0.2) is 0 Å². The standard InChI is InChI=1S/C46H29N3/c1-3-15-35-30(11-1)13-9-19-36(35)32-23-25-33(26-24-32)47(40-22-10-14-31-12-2-4-16-37(31)40)34-27-28-43-44(29-34)49-42-21-8-6-18-39(42)45-38-17-5-7-20-41(38)48(43)46(45)49/h1-29H. The fourth-order valence-electron chi connectivity index (χ4n) is 8.30. The van der Waals surface area contributed by atoms with E-state index in [1.54, 1.807) is 0 Å². The van der Waals surface area contributed by atoms with Gasteiger partial charge in [0.2, 0.25) is 0 Å². The average molecular weight is 624 g/mol. The third kappa shape index (κ3) is 3.67. The highest BCUT2D eigenvalue weighted by Crippen LogP contribution is 2.44. The summed E-state index contributed by atoms with van der Waals surface area (Å²) in [6.07, 6.45) is 0. The number of nitrogens with zero attached hydrogens (tertiary/aromatic N) is 3. The molecule has 0 bridgehead atoms. The van der Waals surface area contributed by atoms with E-state index in [1.165, 1.54) is 76.5 Å². The third-order valence-corrected chi connectivity index (χ3v) is 10.4. The van der Waals surface area contributed by atoms with Gasteiger partial charge in [0.05, 0.1) is 27.8 Å². The van der Waals surface area contributed by atoms with Crippen molar-refractivity contribution in [2.24, 2.45) is 0 Å². The number of rotatable bonds is 4. The molecular formula is C46H29N3. The number of hydrogen-bond acceptors (Lipinski definition) is 1. The number of imidazole rings is 1. The highest BCUT2D eigenvalue weighted by atomic mass is 15.2. The highest BCUT2D eigenvalue weighted by Gasteiger charge is 2.24. The van der Waals surface area contributed by atoms with Crippen LogP contribution in [0.25, 0.3) is 76.5 Å². The van der Waals surface area contributed by atoms with Gasteiger partial charge in [0.25, 0.3) is 0 Å². The van der Waals surface area contributed by atoms with Crippen molar-refractivity contribution >= 4 is 82.5 Å². The Bertz CT molecular complexity index is 3040. The zero-order chi connectivity index (χ0) is 32.1. The number of benzene rings is 8. The Balaban J connectivity index is 1.17. The van der Waals surface area contributed by atoms with E-state index in [0.717, 1.165) is 17.1 Å². The molecule has 0 unspecified atom stereocenters. The van der Waals surface area contributed by atoms with E-state index in [4.69, 9.17) is 0 Å². The minimum atomic E-state index is 1.12. The minimum absolute atomic E-state index is 1.12. The molecule has 0 saturated carbocycles. The monoisotopic (exact) mass is 623 g/mol. The maximum absolute atomic E-state index is 2.47. The van der Waals surface area contributed by atoms with Gasteiger partial charge in [0, 0.05) is 32.9 Å². The molecule has 0 spiro atoms. The molecule has 0 aliphatic carbocycles. The molecule has 3 aromatic heterocycles. The Labute approximate surface area is 282 Å². The van der Waals surface area contributed by atoms with Crippen LogP contribution in [0.4, 0.5) is 17.1 Å². The van der Waals surface area contributed by atoms with Crippen molar-refractivity contribution in [1.29, 1.82) is 0 Å². The van der Waals surface area contributed by atoms with E-state index < -0.39 is 0 Å². The predicted octanol–water partition coefficient (Wildman–Crippen LogP) is 12.5. The van der Waals surface area contributed by atoms with Gasteiger partial charge in [-0.15, -0.1) is 0 Å². The molecule has 0 fully saturated rings. The molecule has 3 heterocycles. The Hall–Kier alpha value is -6.58. The SMILES string of the molecule is c1ccc2c(-c3ccc(N(c4ccc5c(c4)n4c6ccccc6c6c7ccccc7n5c64)c4cccc5ccccc45)cc3)cccc2c1. The fourth-order valence-corrected chi connectivity index (χ4v) is 8.30. The first kappa shape index (κ1) is 26.5. The van der Waals surface area contributed by atoms with Gasteiger partial charge < -0.3 is 4.90 Å². The van der Waals surface area contributed by atoms with E-state index in [2.05, 4.69) is 190 Å². The zero-order valence-corrected chi connectivity index (χ0v) is 26.6. The van der Waals surface area contributed by atoms with Crippen molar-refractivity contribution in [3.63, 3.8) is 0 Å². The van der Waals surface area contributed by atoms with E-state index >= 15 is 0 Å². The molecule has 0 saturated heterocycles. The summed E-state index contributed by atoms with van der Waals surface area (Å²) >= 11 is 0. The molecule has 3 nitrogen and oxygen atoms in total. The number of fused-ring (bicyclic) bond motifs is 11. The summed E-state index contributed by atoms with van der Waals surface area (Å²) in [5.74, 6) is 0. The first-order valence-corrected chi connectivity index (χ1v) is 16.9. The van der Waals surface area contributed by atoms with Gasteiger partial charge in [-0.3, -0.25) is 8.80 Å². The average Bonchev–Trinajstić information content (AvgIpc) is 3.80. The zero-order valence-electron chi connectivity index (χ0n) is 26.6. The predicted molar refractivity (Wildman–Crippen MR) is 207 cm³/mol. The minimum Gasteiger partial charge on any atom is -0.310 e. The van der Waals surface area contributed by atoms with E-state index in [9.17, 15) is 0 Å². The topological polar surface area (TPSA) is 12.1 Å². The lowest BCUT2D eigenvalue weighted by atomic mass is 9.98. The molecule has 0 atom stereocenters. The van der Waals surface area contributed by atoms with Crippen LogP contribution in [-0.4, -0.2) is 8.80 Å². The van der Waals surface area contributed by atoms with Gasteiger partial charge in [-0.1, -0.05) is 127 Å². The molecule has 49 heavy (non-hydrogen) atoms. The molecule has 0 aliphatic rings. The molecular weight excluding hydrogens is 595 g/mol. The van der Waals surface area contributed by atoms with Crippen LogP contribution >= 0.6 is 0 Å². The van der Waals surface area contributed by atoms with Crippen LogP contribution in [0.5, 0.6) is 0 Å². The third-order valence-electron chi connectivity index (χ3n) is 10.4. The summed E-state index contributed by atoms with van der Waals surface area (Å²) < 4.78 is 4.92. The van der Waals surface area contributed by atoms with Crippen LogP contribution in [0, 0.1) is 0 Å². The van der Waals surface area contributed by atoms with Crippen LogP contribution in [0.15, 0.2) is 176 Å². The number of hydrogen-bond donors (Lipinski definition) is 0. The Morgan fingerprint density at radius 2 is 0.918 bits per heavy atom. The first-order valence-electron chi connectivity index (χ1n) is 16.9. The van der Waals surface area contributed by atoms with Crippen molar-refractivity contribution in [3.8, 4) is 11.1 Å². The van der Waals surface area contributed by atoms with Crippen molar-refractivity contribution in [1.82, 2.24) is 8.80 Å². The molecule has 11 aromatic rings. The second-order valence-electron chi connectivity index (χ2n) is 13.0. The molecule has 0 amide bonds. The molecule has 228 valence electrons. The summed E-state index contributed by atoms with van der Waals surface area (Å²) in [7, 11) is 0. The normalized spacial score (nSPS) is 12.1. The number of anilines is 3. The Morgan fingerprint density at radius 3 is 1.65 bits per heavy atom. The van der Waals surface area contributed by atoms with Gasteiger partial charge in [-0.25, -0.2) is 0 Å².